The topological polar surface area (TPSA) is 45.7 Å². The van der Waals surface area contributed by atoms with Crippen LogP contribution in [-0.4, -0.2) is 32.3 Å². The van der Waals surface area contributed by atoms with Crippen LogP contribution in [0.3, 0.4) is 0 Å². The highest BCUT2D eigenvalue weighted by atomic mass is 127. The fourth-order valence-electron chi connectivity index (χ4n) is 1.85. The third kappa shape index (κ3) is 10.1. The Labute approximate surface area is 163 Å². The normalized spacial score (nSPS) is 11.0. The Morgan fingerprint density at radius 1 is 1.26 bits per heavy atom. The van der Waals surface area contributed by atoms with Crippen molar-refractivity contribution in [2.24, 2.45) is 4.99 Å². The van der Waals surface area contributed by atoms with Gasteiger partial charge in [-0.15, -0.1) is 24.0 Å². The van der Waals surface area contributed by atoms with Crippen LogP contribution in [0.4, 0.5) is 4.39 Å². The molecule has 7 heteroatoms. The third-order valence-corrected chi connectivity index (χ3v) is 3.75. The summed E-state index contributed by atoms with van der Waals surface area (Å²) in [5.74, 6) is 0.498. The minimum Gasteiger partial charge on any atom is -0.382 e. The molecule has 2 N–H and O–H groups in total. The molecule has 0 saturated heterocycles. The van der Waals surface area contributed by atoms with E-state index in [1.54, 1.807) is 6.07 Å². The quantitative estimate of drug-likeness (QED) is 0.232. The Bertz CT molecular complexity index is 475. The van der Waals surface area contributed by atoms with Crippen LogP contribution in [0.2, 0.25) is 0 Å². The summed E-state index contributed by atoms with van der Waals surface area (Å²) in [7, 11) is 0. The minimum absolute atomic E-state index is 0. The van der Waals surface area contributed by atoms with Crippen LogP contribution in [0.25, 0.3) is 0 Å². The molecule has 1 aromatic rings. The van der Waals surface area contributed by atoms with Gasteiger partial charge in [0.25, 0.3) is 0 Å². The molecule has 0 fully saturated rings. The second-order valence-corrected chi connectivity index (χ2v) is 5.62. The summed E-state index contributed by atoms with van der Waals surface area (Å²) < 4.78 is 19.4. The first-order valence-electron chi connectivity index (χ1n) is 7.71. The van der Waals surface area contributed by atoms with Crippen LogP contribution in [-0.2, 0) is 11.3 Å². The van der Waals surface area contributed by atoms with E-state index in [2.05, 4.69) is 31.6 Å². The van der Waals surface area contributed by atoms with E-state index in [1.807, 2.05) is 13.8 Å². The number of hydrogen-bond donors (Lipinski definition) is 2. The van der Waals surface area contributed by atoms with E-state index in [0.717, 1.165) is 55.1 Å². The van der Waals surface area contributed by atoms with Gasteiger partial charge in [0.2, 0.25) is 0 Å². The molecule has 0 amide bonds. The zero-order chi connectivity index (χ0) is 16.2. The second kappa shape index (κ2) is 14.0. The fraction of sp³-hybridized carbons (Fsp3) is 0.562. The van der Waals surface area contributed by atoms with Gasteiger partial charge in [0.05, 0.1) is 6.54 Å². The number of nitrogens with one attached hydrogen (secondary N) is 2. The standard InChI is InChI=1S/C16H25BrFN3O.HI/c1-3-19-16(20-9-5-6-10-22-4-2)21-12-13-11-14(18)7-8-15(13)17;/h7-8,11H,3-6,9-10,12H2,1-2H3,(H2,19,20,21);1H. The van der Waals surface area contributed by atoms with Gasteiger partial charge in [-0.3, -0.25) is 0 Å². The molecular weight excluding hydrogens is 476 g/mol. The van der Waals surface area contributed by atoms with Crippen LogP contribution >= 0.6 is 39.9 Å². The molecule has 4 nitrogen and oxygen atoms in total. The number of ether oxygens (including phenoxy) is 1. The minimum atomic E-state index is -0.248. The van der Waals surface area contributed by atoms with Gasteiger partial charge in [-0.2, -0.15) is 0 Å². The monoisotopic (exact) mass is 501 g/mol. The number of rotatable bonds is 9. The van der Waals surface area contributed by atoms with E-state index in [0.29, 0.717) is 6.54 Å². The lowest BCUT2D eigenvalue weighted by molar-refractivity contribution is 0.143. The zero-order valence-electron chi connectivity index (χ0n) is 13.7. The predicted octanol–water partition coefficient (Wildman–Crippen LogP) is 4.08. The summed E-state index contributed by atoms with van der Waals surface area (Å²) in [4.78, 5) is 4.49. The van der Waals surface area contributed by atoms with E-state index < -0.39 is 0 Å². The van der Waals surface area contributed by atoms with E-state index in [4.69, 9.17) is 4.74 Å². The average Bonchev–Trinajstić information content (AvgIpc) is 2.51. The maximum atomic E-state index is 13.3. The van der Waals surface area contributed by atoms with Crippen LogP contribution < -0.4 is 10.6 Å². The van der Waals surface area contributed by atoms with Crippen molar-refractivity contribution < 1.29 is 9.13 Å². The van der Waals surface area contributed by atoms with Crippen molar-refractivity contribution in [1.29, 1.82) is 0 Å². The van der Waals surface area contributed by atoms with Crippen molar-refractivity contribution in [3.05, 3.63) is 34.1 Å². The maximum Gasteiger partial charge on any atom is 0.191 e. The van der Waals surface area contributed by atoms with E-state index in [1.165, 1.54) is 12.1 Å². The highest BCUT2D eigenvalue weighted by Gasteiger charge is 2.02. The summed E-state index contributed by atoms with van der Waals surface area (Å²) in [5.41, 5.74) is 0.827. The summed E-state index contributed by atoms with van der Waals surface area (Å²) in [6.45, 7) is 7.62. The molecule has 0 bridgehead atoms. The number of guanidine groups is 1. The average molecular weight is 502 g/mol. The number of hydrogen-bond acceptors (Lipinski definition) is 2. The number of nitrogens with zero attached hydrogens (tertiary/aromatic N) is 1. The molecule has 0 saturated carbocycles. The number of aliphatic imine (C=N–C) groups is 1. The summed E-state index contributed by atoms with van der Waals surface area (Å²) in [6, 6.07) is 4.63. The Kier molecular flexibility index (Phi) is 13.7. The van der Waals surface area contributed by atoms with Gasteiger partial charge in [-0.25, -0.2) is 9.38 Å². The first kappa shape index (κ1) is 22.6. The molecule has 0 radical (unpaired) electrons. The Morgan fingerprint density at radius 2 is 2.04 bits per heavy atom. The molecule has 0 aromatic heterocycles. The van der Waals surface area contributed by atoms with Crippen molar-refractivity contribution in [2.45, 2.75) is 33.2 Å². The molecule has 0 aliphatic rings. The van der Waals surface area contributed by atoms with Gasteiger partial charge < -0.3 is 15.4 Å². The molecule has 0 unspecified atom stereocenters. The summed E-state index contributed by atoms with van der Waals surface area (Å²) in [6.07, 6.45) is 2.05. The van der Waals surface area contributed by atoms with Gasteiger partial charge in [0.1, 0.15) is 5.82 Å². The SMILES string of the molecule is CCNC(=NCc1cc(F)ccc1Br)NCCCCOCC.I. The number of halogens is 3. The summed E-state index contributed by atoms with van der Waals surface area (Å²) in [5, 5.41) is 6.46. The fourth-order valence-corrected chi connectivity index (χ4v) is 2.22. The summed E-state index contributed by atoms with van der Waals surface area (Å²) >= 11 is 3.42. The molecule has 0 heterocycles. The number of unbranched alkanes of at least 4 members (excludes halogenated alkanes) is 1. The van der Waals surface area contributed by atoms with Crippen molar-refractivity contribution in [1.82, 2.24) is 10.6 Å². The largest absolute Gasteiger partial charge is 0.382 e. The third-order valence-electron chi connectivity index (χ3n) is 2.97. The molecule has 1 rings (SSSR count). The molecule has 0 spiro atoms. The molecular formula is C16H26BrFIN3O. The van der Waals surface area contributed by atoms with E-state index >= 15 is 0 Å². The van der Waals surface area contributed by atoms with Crippen molar-refractivity contribution in [3.63, 3.8) is 0 Å². The highest BCUT2D eigenvalue weighted by molar-refractivity contribution is 14.0. The molecule has 0 aliphatic heterocycles. The van der Waals surface area contributed by atoms with Crippen LogP contribution in [0.1, 0.15) is 32.3 Å². The van der Waals surface area contributed by atoms with Gasteiger partial charge in [0.15, 0.2) is 5.96 Å². The lowest BCUT2D eigenvalue weighted by Crippen LogP contribution is -2.37. The van der Waals surface area contributed by atoms with Gasteiger partial charge in [-0.05, 0) is 50.5 Å². The smallest absolute Gasteiger partial charge is 0.191 e. The lowest BCUT2D eigenvalue weighted by atomic mass is 10.2. The van der Waals surface area contributed by atoms with Gasteiger partial charge >= 0.3 is 0 Å². The molecule has 23 heavy (non-hydrogen) atoms. The van der Waals surface area contributed by atoms with Crippen molar-refractivity contribution in [3.8, 4) is 0 Å². The zero-order valence-corrected chi connectivity index (χ0v) is 17.6. The van der Waals surface area contributed by atoms with E-state index in [-0.39, 0.29) is 29.8 Å². The molecule has 0 atom stereocenters. The Hall–Kier alpha value is -0.410. The Balaban J connectivity index is 0.00000484. The molecule has 0 aliphatic carbocycles. The lowest BCUT2D eigenvalue weighted by Gasteiger charge is -2.11. The van der Waals surface area contributed by atoms with Crippen LogP contribution in [0.15, 0.2) is 27.7 Å². The Morgan fingerprint density at radius 3 is 2.74 bits per heavy atom. The second-order valence-electron chi connectivity index (χ2n) is 4.76. The van der Waals surface area contributed by atoms with Crippen molar-refractivity contribution >= 4 is 45.9 Å². The van der Waals surface area contributed by atoms with Gasteiger partial charge in [0, 0.05) is 30.8 Å². The number of benzene rings is 1. The molecule has 132 valence electrons. The molecule has 1 aromatic carbocycles. The maximum absolute atomic E-state index is 13.3. The highest BCUT2D eigenvalue weighted by Crippen LogP contribution is 2.18. The van der Waals surface area contributed by atoms with Crippen molar-refractivity contribution in [2.75, 3.05) is 26.3 Å². The first-order valence-corrected chi connectivity index (χ1v) is 8.50. The van der Waals surface area contributed by atoms with Gasteiger partial charge in [-0.1, -0.05) is 15.9 Å². The predicted molar refractivity (Wildman–Crippen MR) is 108 cm³/mol. The first-order chi connectivity index (χ1) is 10.7. The van der Waals surface area contributed by atoms with E-state index in [9.17, 15) is 4.39 Å². The van der Waals surface area contributed by atoms with Crippen LogP contribution in [0, 0.1) is 5.82 Å². The van der Waals surface area contributed by atoms with Crippen LogP contribution in [0.5, 0.6) is 0 Å².